The molecule has 112 valence electrons. The van der Waals surface area contributed by atoms with Gasteiger partial charge in [0.2, 0.25) is 0 Å². The lowest BCUT2D eigenvalue weighted by Crippen LogP contribution is -2.47. The Kier molecular flexibility index (Phi) is 5.06. The summed E-state index contributed by atoms with van der Waals surface area (Å²) in [5, 5.41) is 6.02. The average Bonchev–Trinajstić information content (AvgIpc) is 2.82. The number of aromatic nitrogens is 1. The smallest absolute Gasteiger partial charge is 0.315 e. The van der Waals surface area contributed by atoms with Gasteiger partial charge in [-0.05, 0) is 51.4 Å². The van der Waals surface area contributed by atoms with Crippen LogP contribution in [0.2, 0.25) is 0 Å². The van der Waals surface area contributed by atoms with Gasteiger partial charge in [-0.3, -0.25) is 0 Å². The van der Waals surface area contributed by atoms with E-state index in [1.165, 1.54) is 12.8 Å². The van der Waals surface area contributed by atoms with Gasteiger partial charge in [0.05, 0.1) is 0 Å². The molecule has 5 nitrogen and oxygen atoms in total. The summed E-state index contributed by atoms with van der Waals surface area (Å²) in [6.45, 7) is 0.580. The van der Waals surface area contributed by atoms with Crippen LogP contribution in [0.4, 0.5) is 4.79 Å². The SMILES string of the molecule is CN(C)[C@H]1CCC[C@H](NC(=O)NCc2ccn(C)c2)C1. The molecule has 1 heterocycles. The second-order valence-corrected chi connectivity index (χ2v) is 5.99. The molecule has 1 aromatic rings. The molecule has 5 heteroatoms. The standard InChI is InChI=1S/C15H26N4O/c1-18(2)14-6-4-5-13(9-14)17-15(20)16-10-12-7-8-19(3)11-12/h7-8,11,13-14H,4-6,9-10H2,1-3H3,(H2,16,17,20)/t13-,14-/m0/s1. The van der Waals surface area contributed by atoms with Gasteiger partial charge in [0.1, 0.15) is 0 Å². The van der Waals surface area contributed by atoms with E-state index in [-0.39, 0.29) is 6.03 Å². The third-order valence-electron chi connectivity index (χ3n) is 4.06. The molecular weight excluding hydrogens is 252 g/mol. The zero-order valence-electron chi connectivity index (χ0n) is 12.7. The minimum atomic E-state index is -0.0572. The van der Waals surface area contributed by atoms with E-state index in [2.05, 4.69) is 29.6 Å². The number of aryl methyl sites for hydroxylation is 1. The summed E-state index contributed by atoms with van der Waals surface area (Å²) in [5.74, 6) is 0. The zero-order chi connectivity index (χ0) is 14.5. The van der Waals surface area contributed by atoms with E-state index in [1.54, 1.807) is 0 Å². The molecule has 0 bridgehead atoms. The lowest BCUT2D eigenvalue weighted by molar-refractivity contribution is 0.193. The molecule has 1 aliphatic carbocycles. The number of nitrogens with zero attached hydrogens (tertiary/aromatic N) is 2. The van der Waals surface area contributed by atoms with Crippen molar-refractivity contribution in [2.45, 2.75) is 44.3 Å². The Balaban J connectivity index is 1.73. The minimum Gasteiger partial charge on any atom is -0.357 e. The Labute approximate surface area is 121 Å². The third-order valence-corrected chi connectivity index (χ3v) is 4.06. The number of amides is 2. The molecule has 2 rings (SSSR count). The molecule has 0 spiro atoms. The molecule has 0 aliphatic heterocycles. The van der Waals surface area contributed by atoms with E-state index in [9.17, 15) is 4.79 Å². The normalized spacial score (nSPS) is 22.8. The largest absolute Gasteiger partial charge is 0.357 e. The summed E-state index contributed by atoms with van der Waals surface area (Å²) in [4.78, 5) is 14.2. The molecule has 0 unspecified atom stereocenters. The topological polar surface area (TPSA) is 49.3 Å². The van der Waals surface area contributed by atoms with Crippen LogP contribution in [0.3, 0.4) is 0 Å². The molecule has 20 heavy (non-hydrogen) atoms. The van der Waals surface area contributed by atoms with Crippen LogP contribution < -0.4 is 10.6 Å². The molecule has 2 atom stereocenters. The summed E-state index contributed by atoms with van der Waals surface area (Å²) in [5.41, 5.74) is 1.12. The van der Waals surface area contributed by atoms with Gasteiger partial charge in [-0.2, -0.15) is 0 Å². The van der Waals surface area contributed by atoms with Crippen molar-refractivity contribution in [2.75, 3.05) is 14.1 Å². The van der Waals surface area contributed by atoms with Crippen molar-refractivity contribution in [3.63, 3.8) is 0 Å². The van der Waals surface area contributed by atoms with Crippen molar-refractivity contribution in [1.29, 1.82) is 0 Å². The van der Waals surface area contributed by atoms with Crippen LogP contribution in [-0.2, 0) is 13.6 Å². The predicted molar refractivity (Wildman–Crippen MR) is 80.5 cm³/mol. The molecule has 1 aromatic heterocycles. The average molecular weight is 278 g/mol. The highest BCUT2D eigenvalue weighted by Crippen LogP contribution is 2.21. The highest BCUT2D eigenvalue weighted by molar-refractivity contribution is 5.74. The Bertz CT molecular complexity index is 441. The summed E-state index contributed by atoms with van der Waals surface area (Å²) in [6.07, 6.45) is 8.55. The van der Waals surface area contributed by atoms with Crippen molar-refractivity contribution >= 4 is 6.03 Å². The Morgan fingerprint density at radius 2 is 2.25 bits per heavy atom. The van der Waals surface area contributed by atoms with Crippen LogP contribution in [0, 0.1) is 0 Å². The molecule has 1 fully saturated rings. The van der Waals surface area contributed by atoms with Gasteiger partial charge >= 0.3 is 6.03 Å². The van der Waals surface area contributed by atoms with Crippen LogP contribution >= 0.6 is 0 Å². The molecule has 2 N–H and O–H groups in total. The maximum Gasteiger partial charge on any atom is 0.315 e. The van der Waals surface area contributed by atoms with Gasteiger partial charge in [-0.25, -0.2) is 4.79 Å². The first-order chi connectivity index (χ1) is 9.54. The van der Waals surface area contributed by atoms with Crippen LogP contribution in [0.5, 0.6) is 0 Å². The first-order valence-electron chi connectivity index (χ1n) is 7.36. The predicted octanol–water partition coefficient (Wildman–Crippen LogP) is 1.70. The number of hydrogen-bond acceptors (Lipinski definition) is 2. The van der Waals surface area contributed by atoms with E-state index in [1.807, 2.05) is 30.1 Å². The van der Waals surface area contributed by atoms with Gasteiger partial charge < -0.3 is 20.1 Å². The van der Waals surface area contributed by atoms with E-state index >= 15 is 0 Å². The quantitative estimate of drug-likeness (QED) is 0.880. The Hall–Kier alpha value is -1.49. The molecule has 1 saturated carbocycles. The highest BCUT2D eigenvalue weighted by atomic mass is 16.2. The maximum atomic E-state index is 11.9. The number of hydrogen-bond donors (Lipinski definition) is 2. The van der Waals surface area contributed by atoms with Crippen molar-refractivity contribution in [3.05, 3.63) is 24.0 Å². The summed E-state index contributed by atoms with van der Waals surface area (Å²) in [6, 6.07) is 2.84. The molecule has 2 amide bonds. The van der Waals surface area contributed by atoms with Crippen LogP contribution in [0.25, 0.3) is 0 Å². The van der Waals surface area contributed by atoms with Gasteiger partial charge in [0.25, 0.3) is 0 Å². The lowest BCUT2D eigenvalue weighted by atomic mass is 9.90. The fourth-order valence-electron chi connectivity index (χ4n) is 2.85. The minimum absolute atomic E-state index is 0.0572. The number of nitrogens with one attached hydrogen (secondary N) is 2. The molecular formula is C15H26N4O. The van der Waals surface area contributed by atoms with Gasteiger partial charge in [-0.15, -0.1) is 0 Å². The van der Waals surface area contributed by atoms with Gasteiger partial charge in [0.15, 0.2) is 0 Å². The summed E-state index contributed by atoms with van der Waals surface area (Å²) in [7, 11) is 6.21. The van der Waals surface area contributed by atoms with E-state index < -0.39 is 0 Å². The van der Waals surface area contributed by atoms with Gasteiger partial charge in [-0.1, -0.05) is 0 Å². The second kappa shape index (κ2) is 6.79. The zero-order valence-corrected chi connectivity index (χ0v) is 12.7. The van der Waals surface area contributed by atoms with Crippen molar-refractivity contribution in [2.24, 2.45) is 7.05 Å². The van der Waals surface area contributed by atoms with Crippen molar-refractivity contribution < 1.29 is 4.79 Å². The first-order valence-corrected chi connectivity index (χ1v) is 7.36. The van der Waals surface area contributed by atoms with Crippen molar-refractivity contribution in [3.8, 4) is 0 Å². The molecule has 1 aliphatic rings. The number of carbonyl (C=O) groups is 1. The summed E-state index contributed by atoms with van der Waals surface area (Å²) >= 11 is 0. The molecule has 0 radical (unpaired) electrons. The van der Waals surface area contributed by atoms with Gasteiger partial charge in [0, 0.05) is 38.1 Å². The van der Waals surface area contributed by atoms with Crippen LogP contribution in [0.1, 0.15) is 31.2 Å². The lowest BCUT2D eigenvalue weighted by Gasteiger charge is -2.33. The maximum absolute atomic E-state index is 11.9. The highest BCUT2D eigenvalue weighted by Gasteiger charge is 2.24. The Morgan fingerprint density at radius 3 is 2.90 bits per heavy atom. The van der Waals surface area contributed by atoms with E-state index in [0.29, 0.717) is 18.6 Å². The monoisotopic (exact) mass is 278 g/mol. The fraction of sp³-hybridized carbons (Fsp3) is 0.667. The second-order valence-electron chi connectivity index (χ2n) is 5.99. The molecule has 0 saturated heterocycles. The first kappa shape index (κ1) is 14.9. The van der Waals surface area contributed by atoms with E-state index in [4.69, 9.17) is 0 Å². The van der Waals surface area contributed by atoms with Crippen molar-refractivity contribution in [1.82, 2.24) is 20.1 Å². The van der Waals surface area contributed by atoms with E-state index in [0.717, 1.165) is 18.4 Å². The number of urea groups is 1. The molecule has 0 aromatic carbocycles. The Morgan fingerprint density at radius 1 is 1.45 bits per heavy atom. The van der Waals surface area contributed by atoms with Crippen LogP contribution in [0.15, 0.2) is 18.5 Å². The number of rotatable bonds is 4. The number of carbonyl (C=O) groups excluding carboxylic acids is 1. The van der Waals surface area contributed by atoms with Crippen LogP contribution in [-0.4, -0.2) is 41.7 Å². The summed E-state index contributed by atoms with van der Waals surface area (Å²) < 4.78 is 1.98. The fourth-order valence-corrected chi connectivity index (χ4v) is 2.85. The third kappa shape index (κ3) is 4.27.